The molecule has 0 fully saturated rings. The number of aromatic amines is 1. The summed E-state index contributed by atoms with van der Waals surface area (Å²) in [6.45, 7) is 0. The van der Waals surface area contributed by atoms with Crippen LogP contribution < -0.4 is 0 Å². The quantitative estimate of drug-likeness (QED) is 0.572. The Labute approximate surface area is 91.9 Å². The number of benzene rings is 2. The van der Waals surface area contributed by atoms with Gasteiger partial charge in [-0.25, -0.2) is 0 Å². The molecule has 0 aliphatic rings. The van der Waals surface area contributed by atoms with Gasteiger partial charge in [-0.05, 0) is 18.2 Å². The number of fused-ring (bicyclic) bond motifs is 3. The molecule has 0 saturated heterocycles. The van der Waals surface area contributed by atoms with Crippen molar-refractivity contribution in [3.8, 4) is 0 Å². The van der Waals surface area contributed by atoms with Crippen LogP contribution in [-0.4, -0.2) is 4.98 Å². The normalized spacial score (nSPS) is 15.2. The standard InChI is InChI=1S/C12H8ClN/c13-8-5-6-10-9-3-1-2-4-11(9)14-12(10)7-8/h1-7,14H/i1D,2D,3D,4D. The molecule has 0 unspecified atom stereocenters. The van der Waals surface area contributed by atoms with E-state index in [0.29, 0.717) is 21.4 Å². The minimum Gasteiger partial charge on any atom is -0.354 e. The van der Waals surface area contributed by atoms with Gasteiger partial charge in [0.05, 0.1) is 5.48 Å². The number of aromatic nitrogens is 1. The van der Waals surface area contributed by atoms with Crippen LogP contribution in [0, 0.1) is 0 Å². The Morgan fingerprint density at radius 2 is 1.93 bits per heavy atom. The van der Waals surface area contributed by atoms with E-state index in [1.54, 1.807) is 18.2 Å². The van der Waals surface area contributed by atoms with Gasteiger partial charge in [0.2, 0.25) is 0 Å². The van der Waals surface area contributed by atoms with Crippen LogP contribution in [0.3, 0.4) is 0 Å². The highest BCUT2D eigenvalue weighted by Crippen LogP contribution is 2.26. The summed E-state index contributed by atoms with van der Waals surface area (Å²) in [6, 6.07) is 4.64. The molecule has 2 heteroatoms. The van der Waals surface area contributed by atoms with Gasteiger partial charge < -0.3 is 4.98 Å². The van der Waals surface area contributed by atoms with Crippen molar-refractivity contribution in [2.24, 2.45) is 0 Å². The lowest BCUT2D eigenvalue weighted by Crippen LogP contribution is -1.66. The molecular formula is C12H8ClN. The van der Waals surface area contributed by atoms with Gasteiger partial charge in [0.1, 0.15) is 0 Å². The Morgan fingerprint density at radius 1 is 1.07 bits per heavy atom. The van der Waals surface area contributed by atoms with Crippen molar-refractivity contribution in [2.75, 3.05) is 0 Å². The zero-order chi connectivity index (χ0) is 13.0. The molecule has 0 saturated carbocycles. The average molecular weight is 206 g/mol. The van der Waals surface area contributed by atoms with Crippen LogP contribution in [-0.2, 0) is 0 Å². The van der Waals surface area contributed by atoms with Gasteiger partial charge in [-0.2, -0.15) is 0 Å². The first kappa shape index (κ1) is 4.85. The van der Waals surface area contributed by atoms with Crippen LogP contribution in [0.2, 0.25) is 5.02 Å². The molecule has 0 atom stereocenters. The minimum absolute atomic E-state index is 0.0282. The van der Waals surface area contributed by atoms with E-state index in [4.69, 9.17) is 17.1 Å². The van der Waals surface area contributed by atoms with Crippen LogP contribution in [0.1, 0.15) is 5.48 Å². The molecule has 0 spiro atoms. The Morgan fingerprint density at radius 3 is 2.86 bits per heavy atom. The first-order chi connectivity index (χ1) is 8.50. The van der Waals surface area contributed by atoms with Gasteiger partial charge in [0, 0.05) is 26.8 Å². The number of hydrogen-bond acceptors (Lipinski definition) is 0. The van der Waals surface area contributed by atoms with Gasteiger partial charge in [0.15, 0.2) is 0 Å². The van der Waals surface area contributed by atoms with Crippen molar-refractivity contribution in [2.45, 2.75) is 0 Å². The fourth-order valence-corrected chi connectivity index (χ4v) is 1.75. The molecule has 0 radical (unpaired) electrons. The van der Waals surface area contributed by atoms with E-state index in [-0.39, 0.29) is 24.2 Å². The van der Waals surface area contributed by atoms with Crippen molar-refractivity contribution in [3.05, 3.63) is 47.4 Å². The van der Waals surface area contributed by atoms with E-state index in [1.165, 1.54) is 0 Å². The molecule has 0 amide bonds. The molecule has 3 rings (SSSR count). The number of hydrogen-bond donors (Lipinski definition) is 1. The summed E-state index contributed by atoms with van der Waals surface area (Å²) in [6.07, 6.45) is 0. The fraction of sp³-hybridized carbons (Fsp3) is 0. The summed E-state index contributed by atoms with van der Waals surface area (Å²) in [4.78, 5) is 3.00. The van der Waals surface area contributed by atoms with E-state index >= 15 is 0 Å². The molecule has 1 heterocycles. The van der Waals surface area contributed by atoms with Crippen LogP contribution >= 0.6 is 11.6 Å². The number of para-hydroxylation sites is 1. The summed E-state index contributed by atoms with van der Waals surface area (Å²) in [5, 5.41) is 1.82. The monoisotopic (exact) mass is 205 g/mol. The van der Waals surface area contributed by atoms with E-state index in [1.807, 2.05) is 0 Å². The molecule has 0 aliphatic heterocycles. The minimum atomic E-state index is -0.231. The van der Waals surface area contributed by atoms with Crippen LogP contribution in [0.4, 0.5) is 0 Å². The van der Waals surface area contributed by atoms with E-state index < -0.39 is 0 Å². The number of nitrogens with one attached hydrogen (secondary N) is 1. The maximum Gasteiger partial charge on any atom is 0.0645 e. The number of H-pyrrole nitrogens is 1. The molecular weight excluding hydrogens is 194 g/mol. The number of rotatable bonds is 0. The zero-order valence-corrected chi connectivity index (χ0v) is 7.87. The van der Waals surface area contributed by atoms with E-state index in [2.05, 4.69) is 4.98 Å². The molecule has 1 N–H and O–H groups in total. The Bertz CT molecular complexity index is 794. The van der Waals surface area contributed by atoms with Crippen LogP contribution in [0.15, 0.2) is 42.4 Å². The van der Waals surface area contributed by atoms with Gasteiger partial charge in [-0.15, -0.1) is 0 Å². The predicted octanol–water partition coefficient (Wildman–Crippen LogP) is 3.97. The van der Waals surface area contributed by atoms with Crippen LogP contribution in [0.25, 0.3) is 21.8 Å². The summed E-state index contributed by atoms with van der Waals surface area (Å²) >= 11 is 5.90. The highest BCUT2D eigenvalue weighted by molar-refractivity contribution is 6.31. The van der Waals surface area contributed by atoms with Gasteiger partial charge in [-0.3, -0.25) is 0 Å². The van der Waals surface area contributed by atoms with Gasteiger partial charge >= 0.3 is 0 Å². The largest absolute Gasteiger partial charge is 0.354 e. The van der Waals surface area contributed by atoms with Crippen molar-refractivity contribution >= 4 is 33.4 Å². The van der Waals surface area contributed by atoms with Crippen molar-refractivity contribution in [1.29, 1.82) is 0 Å². The van der Waals surface area contributed by atoms with Crippen LogP contribution in [0.5, 0.6) is 0 Å². The second kappa shape index (κ2) is 2.76. The number of halogens is 1. The molecule has 0 bridgehead atoms. The third-order valence-electron chi connectivity index (χ3n) is 2.20. The Hall–Kier alpha value is -1.47. The maximum atomic E-state index is 7.93. The second-order valence-electron chi connectivity index (χ2n) is 3.06. The molecule has 14 heavy (non-hydrogen) atoms. The highest BCUT2D eigenvalue weighted by atomic mass is 35.5. The maximum absolute atomic E-state index is 7.93. The molecule has 0 aliphatic carbocycles. The SMILES string of the molecule is [2H]c1c([2H])c([2H])c2c([nH]c3cc(Cl)ccc32)c1[2H]. The lowest BCUT2D eigenvalue weighted by atomic mass is 10.2. The van der Waals surface area contributed by atoms with E-state index in [0.717, 1.165) is 5.39 Å². The third-order valence-corrected chi connectivity index (χ3v) is 2.43. The van der Waals surface area contributed by atoms with Gasteiger partial charge in [0.25, 0.3) is 0 Å². The molecule has 1 aromatic heterocycles. The zero-order valence-electron chi connectivity index (χ0n) is 11.1. The summed E-state index contributed by atoms with van der Waals surface area (Å²) in [5.41, 5.74) is 1.13. The molecule has 3 aromatic rings. The highest BCUT2D eigenvalue weighted by Gasteiger charge is 2.02. The second-order valence-corrected chi connectivity index (χ2v) is 3.50. The Kier molecular flexibility index (Phi) is 0.956. The predicted molar refractivity (Wildman–Crippen MR) is 60.8 cm³/mol. The first-order valence-corrected chi connectivity index (χ1v) is 4.55. The average Bonchev–Trinajstić information content (AvgIpc) is 2.72. The summed E-state index contributed by atoms with van der Waals surface area (Å²) in [5.74, 6) is 0. The lowest BCUT2D eigenvalue weighted by molar-refractivity contribution is 1.55. The van der Waals surface area contributed by atoms with Crippen molar-refractivity contribution in [3.63, 3.8) is 0 Å². The molecule has 2 aromatic carbocycles. The van der Waals surface area contributed by atoms with Gasteiger partial charge in [-0.1, -0.05) is 35.8 Å². The topological polar surface area (TPSA) is 15.8 Å². The van der Waals surface area contributed by atoms with Crippen molar-refractivity contribution < 1.29 is 5.48 Å². The summed E-state index contributed by atoms with van der Waals surface area (Å²) < 4.78 is 31.1. The summed E-state index contributed by atoms with van der Waals surface area (Å²) in [7, 11) is 0. The fourth-order valence-electron chi connectivity index (χ4n) is 1.58. The molecule has 1 nitrogen and oxygen atoms in total. The lowest BCUT2D eigenvalue weighted by Gasteiger charge is -1.90. The van der Waals surface area contributed by atoms with Crippen molar-refractivity contribution in [1.82, 2.24) is 4.98 Å². The molecule has 68 valence electrons. The first-order valence-electron chi connectivity index (χ1n) is 6.18. The third kappa shape index (κ3) is 1.03. The Balaban J connectivity index is 2.62. The van der Waals surface area contributed by atoms with E-state index in [9.17, 15) is 0 Å². The smallest absolute Gasteiger partial charge is 0.0645 e.